The first-order chi connectivity index (χ1) is 17.0. The van der Waals surface area contributed by atoms with Crippen LogP contribution in [0, 0.1) is 0 Å². The van der Waals surface area contributed by atoms with Crippen LogP contribution in [0.1, 0.15) is 30.0 Å². The summed E-state index contributed by atoms with van der Waals surface area (Å²) in [6.07, 6.45) is 4.12. The second-order valence-corrected chi connectivity index (χ2v) is 9.11. The molecule has 1 aliphatic heterocycles. The van der Waals surface area contributed by atoms with Crippen molar-refractivity contribution in [1.82, 2.24) is 35.1 Å². The van der Waals surface area contributed by atoms with Crippen molar-refractivity contribution in [2.24, 2.45) is 0 Å². The molecule has 1 aromatic carbocycles. The topological polar surface area (TPSA) is 95.1 Å². The molecule has 0 spiro atoms. The first-order valence-corrected chi connectivity index (χ1v) is 12.0. The number of fused-ring (bicyclic) bond motifs is 1. The lowest BCUT2D eigenvalue weighted by Crippen LogP contribution is -2.44. The number of ether oxygens (including phenoxy) is 1. The summed E-state index contributed by atoms with van der Waals surface area (Å²) in [5.74, 6) is 2.28. The van der Waals surface area contributed by atoms with Gasteiger partial charge in [-0.25, -0.2) is 15.0 Å². The number of pyridine rings is 1. The maximum Gasteiger partial charge on any atom is 0.187 e. The fourth-order valence-electron chi connectivity index (χ4n) is 4.68. The predicted octanol–water partition coefficient (Wildman–Crippen LogP) is 3.05. The number of hydrogen-bond donors (Lipinski definition) is 2. The van der Waals surface area contributed by atoms with E-state index in [9.17, 15) is 0 Å². The van der Waals surface area contributed by atoms with E-state index < -0.39 is 0 Å². The summed E-state index contributed by atoms with van der Waals surface area (Å²) in [7, 11) is 5.52. The van der Waals surface area contributed by atoms with Gasteiger partial charge in [-0.3, -0.25) is 9.88 Å². The van der Waals surface area contributed by atoms with Crippen LogP contribution in [0.5, 0.6) is 5.75 Å². The van der Waals surface area contributed by atoms with Gasteiger partial charge >= 0.3 is 0 Å². The molecule has 4 aromatic rings. The van der Waals surface area contributed by atoms with Gasteiger partial charge in [-0.05, 0) is 36.8 Å². The number of H-pyrrole nitrogens is 1. The van der Waals surface area contributed by atoms with Gasteiger partial charge in [-0.2, -0.15) is 0 Å². The fourth-order valence-corrected chi connectivity index (χ4v) is 4.68. The maximum atomic E-state index is 5.66. The molecule has 0 bridgehead atoms. The SMILES string of the molecule is COc1c(-c2ccc3nc(Cc4cc(C(C)N5CCNCC5)ccn4)[nH]c3c2)ncnc1N(C)C. The number of nitrogens with zero attached hydrogens (tertiary/aromatic N) is 6. The molecule has 0 amide bonds. The molecule has 9 heteroatoms. The van der Waals surface area contributed by atoms with Crippen LogP contribution in [0.3, 0.4) is 0 Å². The Morgan fingerprint density at radius 3 is 2.69 bits per heavy atom. The maximum absolute atomic E-state index is 5.66. The fraction of sp³-hybridized carbons (Fsp3) is 0.385. The standard InChI is InChI=1S/C26H32N8O/c1-17(34-11-9-27-10-12-34)18-7-8-28-20(13-18)15-23-31-21-6-5-19(14-22(21)32-23)24-25(35-4)26(33(2)3)30-16-29-24/h5-8,13-14,16-17,27H,9-12,15H2,1-4H3,(H,31,32). The van der Waals surface area contributed by atoms with Crippen LogP contribution in [0.25, 0.3) is 22.3 Å². The van der Waals surface area contributed by atoms with Crippen molar-refractivity contribution >= 4 is 16.9 Å². The van der Waals surface area contributed by atoms with Gasteiger partial charge in [0.1, 0.15) is 17.8 Å². The summed E-state index contributed by atoms with van der Waals surface area (Å²) in [6.45, 7) is 6.49. The summed E-state index contributed by atoms with van der Waals surface area (Å²) >= 11 is 0. The minimum absolute atomic E-state index is 0.368. The number of anilines is 1. The molecular formula is C26H32N8O. The second kappa shape index (κ2) is 9.97. The van der Waals surface area contributed by atoms with Crippen LogP contribution < -0.4 is 15.0 Å². The number of nitrogens with one attached hydrogen (secondary N) is 2. The van der Waals surface area contributed by atoms with Gasteiger partial charge in [-0.15, -0.1) is 0 Å². The highest BCUT2D eigenvalue weighted by atomic mass is 16.5. The van der Waals surface area contributed by atoms with E-state index in [4.69, 9.17) is 9.72 Å². The van der Waals surface area contributed by atoms with Crippen molar-refractivity contribution < 1.29 is 4.74 Å². The van der Waals surface area contributed by atoms with Gasteiger partial charge in [0.15, 0.2) is 11.6 Å². The lowest BCUT2D eigenvalue weighted by atomic mass is 10.1. The van der Waals surface area contributed by atoms with Crippen molar-refractivity contribution in [2.45, 2.75) is 19.4 Å². The quantitative estimate of drug-likeness (QED) is 0.424. The second-order valence-electron chi connectivity index (χ2n) is 9.11. The number of methoxy groups -OCH3 is 1. The number of benzene rings is 1. The average molecular weight is 473 g/mol. The molecular weight excluding hydrogens is 440 g/mol. The Balaban J connectivity index is 1.40. The number of aromatic nitrogens is 5. The Hall–Kier alpha value is -3.56. The molecule has 1 aliphatic rings. The molecule has 3 aromatic heterocycles. The Labute approximate surface area is 205 Å². The van der Waals surface area contributed by atoms with Crippen LogP contribution in [0.15, 0.2) is 42.9 Å². The summed E-state index contributed by atoms with van der Waals surface area (Å²) in [5.41, 5.74) is 5.87. The molecule has 182 valence electrons. The van der Waals surface area contributed by atoms with Crippen LogP contribution in [-0.4, -0.2) is 77.2 Å². The zero-order valence-electron chi connectivity index (χ0n) is 20.7. The van der Waals surface area contributed by atoms with Crippen LogP contribution in [-0.2, 0) is 6.42 Å². The Morgan fingerprint density at radius 2 is 1.91 bits per heavy atom. The highest BCUT2D eigenvalue weighted by Crippen LogP contribution is 2.35. The highest BCUT2D eigenvalue weighted by Gasteiger charge is 2.19. The van der Waals surface area contributed by atoms with Gasteiger partial charge in [0.05, 0.1) is 18.1 Å². The predicted molar refractivity (Wildman–Crippen MR) is 138 cm³/mol. The van der Waals surface area contributed by atoms with Crippen molar-refractivity contribution in [3.05, 3.63) is 59.9 Å². The first kappa shape index (κ1) is 23.2. The lowest BCUT2D eigenvalue weighted by molar-refractivity contribution is 0.185. The molecule has 35 heavy (non-hydrogen) atoms. The summed E-state index contributed by atoms with van der Waals surface area (Å²) in [4.78, 5) is 26.2. The molecule has 4 heterocycles. The zero-order valence-corrected chi connectivity index (χ0v) is 20.7. The van der Waals surface area contributed by atoms with E-state index in [0.717, 1.165) is 65.8 Å². The monoisotopic (exact) mass is 472 g/mol. The lowest BCUT2D eigenvalue weighted by Gasteiger charge is -2.33. The number of aromatic amines is 1. The molecule has 9 nitrogen and oxygen atoms in total. The molecule has 1 fully saturated rings. The van der Waals surface area contributed by atoms with E-state index in [2.05, 4.69) is 55.3 Å². The molecule has 1 saturated heterocycles. The number of hydrogen-bond acceptors (Lipinski definition) is 8. The van der Waals surface area contributed by atoms with Gasteiger partial charge < -0.3 is 19.9 Å². The number of imidazole rings is 1. The minimum Gasteiger partial charge on any atom is -0.491 e. The normalized spacial score (nSPS) is 15.3. The van der Waals surface area contributed by atoms with Gasteiger partial charge in [0.25, 0.3) is 0 Å². The summed E-state index contributed by atoms with van der Waals surface area (Å²) < 4.78 is 5.66. The smallest absolute Gasteiger partial charge is 0.187 e. The third-order valence-corrected chi connectivity index (χ3v) is 6.59. The number of rotatable bonds is 7. The largest absolute Gasteiger partial charge is 0.491 e. The van der Waals surface area contributed by atoms with Gasteiger partial charge in [0.2, 0.25) is 0 Å². The van der Waals surface area contributed by atoms with E-state index in [1.54, 1.807) is 13.4 Å². The van der Waals surface area contributed by atoms with E-state index in [0.29, 0.717) is 18.2 Å². The zero-order chi connectivity index (χ0) is 24.4. The minimum atomic E-state index is 0.368. The van der Waals surface area contributed by atoms with Crippen LogP contribution in [0.4, 0.5) is 5.82 Å². The Morgan fingerprint density at radius 1 is 1.09 bits per heavy atom. The van der Waals surface area contributed by atoms with Crippen molar-refractivity contribution in [1.29, 1.82) is 0 Å². The Bertz CT molecular complexity index is 1310. The van der Waals surface area contributed by atoms with Crippen molar-refractivity contribution in [3.8, 4) is 17.0 Å². The molecule has 5 rings (SSSR count). The average Bonchev–Trinajstić information content (AvgIpc) is 3.29. The third-order valence-electron chi connectivity index (χ3n) is 6.59. The Kier molecular flexibility index (Phi) is 6.61. The van der Waals surface area contributed by atoms with Gasteiger partial charge in [-0.1, -0.05) is 6.07 Å². The summed E-state index contributed by atoms with van der Waals surface area (Å²) in [6, 6.07) is 10.8. The van der Waals surface area contributed by atoms with Crippen molar-refractivity contribution in [3.63, 3.8) is 0 Å². The molecule has 0 radical (unpaired) electrons. The highest BCUT2D eigenvalue weighted by molar-refractivity contribution is 5.83. The molecule has 2 N–H and O–H groups in total. The van der Waals surface area contributed by atoms with E-state index >= 15 is 0 Å². The molecule has 0 saturated carbocycles. The molecule has 1 unspecified atom stereocenters. The van der Waals surface area contributed by atoms with Gasteiger partial charge in [0, 0.05) is 70.2 Å². The molecule has 0 aliphatic carbocycles. The molecule has 1 atom stereocenters. The summed E-state index contributed by atoms with van der Waals surface area (Å²) in [5, 5.41) is 3.42. The van der Waals surface area contributed by atoms with Crippen LogP contribution in [0.2, 0.25) is 0 Å². The number of piperazine rings is 1. The van der Waals surface area contributed by atoms with Crippen LogP contribution >= 0.6 is 0 Å². The third kappa shape index (κ3) is 4.82. The van der Waals surface area contributed by atoms with E-state index in [1.165, 1.54) is 5.56 Å². The first-order valence-electron chi connectivity index (χ1n) is 12.0. The van der Waals surface area contributed by atoms with E-state index in [1.807, 2.05) is 37.3 Å². The van der Waals surface area contributed by atoms with E-state index in [-0.39, 0.29) is 0 Å². The van der Waals surface area contributed by atoms with Crippen molar-refractivity contribution in [2.75, 3.05) is 52.3 Å².